The maximum Gasteiger partial charge on any atom is 0.224 e. The number of hydrogen-bond donors (Lipinski definition) is 2. The Balaban J connectivity index is 2.58. The van der Waals surface area contributed by atoms with Crippen LogP contribution in [0.5, 0.6) is 5.88 Å². The van der Waals surface area contributed by atoms with Crippen molar-refractivity contribution in [3.8, 4) is 5.88 Å². The van der Waals surface area contributed by atoms with Gasteiger partial charge in [-0.1, -0.05) is 12.6 Å². The van der Waals surface area contributed by atoms with Crippen LogP contribution in [0, 0.1) is 0 Å². The predicted molar refractivity (Wildman–Crippen MR) is 40.8 cm³/mol. The minimum absolute atomic E-state index is 0.180. The molecular weight excluding hydrogens is 156 g/mol. The molecule has 0 aliphatic carbocycles. The lowest BCUT2D eigenvalue weighted by molar-refractivity contribution is 0.552. The van der Waals surface area contributed by atoms with Gasteiger partial charge in [0.2, 0.25) is 10.3 Å². The van der Waals surface area contributed by atoms with E-state index < -0.39 is 0 Å². The number of thiocarbonyl (C=S) groups is 1. The lowest BCUT2D eigenvalue weighted by atomic mass is 10.7. The fraction of sp³-hybridized carbons (Fsp3) is 0. The summed E-state index contributed by atoms with van der Waals surface area (Å²) >= 11 is 8.28. The summed E-state index contributed by atoms with van der Waals surface area (Å²) in [7, 11) is 0. The second-order valence-electron chi connectivity index (χ2n) is 1.29. The molecule has 0 atom stereocenters. The van der Waals surface area contributed by atoms with Crippen molar-refractivity contribution in [1.82, 2.24) is 10.2 Å². The van der Waals surface area contributed by atoms with Gasteiger partial charge < -0.3 is 4.74 Å². The molecule has 48 valence electrons. The quantitative estimate of drug-likeness (QED) is 0.475. The third kappa shape index (κ3) is 2.03. The van der Waals surface area contributed by atoms with Gasteiger partial charge in [-0.05, 0) is 12.2 Å². The van der Waals surface area contributed by atoms with E-state index in [1.54, 1.807) is 12.3 Å². The van der Waals surface area contributed by atoms with E-state index in [0.717, 1.165) is 0 Å². The molecule has 1 aromatic heterocycles. The molecule has 0 fully saturated rings. The molecule has 1 rings (SSSR count). The van der Waals surface area contributed by atoms with Crippen LogP contribution < -0.4 is 4.74 Å². The number of thiol groups is 1. The first kappa shape index (κ1) is 6.57. The molecule has 0 bridgehead atoms. The van der Waals surface area contributed by atoms with Crippen molar-refractivity contribution in [2.75, 3.05) is 0 Å². The van der Waals surface area contributed by atoms with Crippen LogP contribution in [0.3, 0.4) is 0 Å². The lowest BCUT2D eigenvalue weighted by Gasteiger charge is -1.93. The van der Waals surface area contributed by atoms with Gasteiger partial charge in [0.25, 0.3) is 0 Å². The topological polar surface area (TPSA) is 37.9 Å². The van der Waals surface area contributed by atoms with Crippen LogP contribution in [0.15, 0.2) is 12.3 Å². The molecule has 0 spiro atoms. The molecule has 1 heterocycles. The SMILES string of the molecule is S=C(S)Oc1ccn[nH]1. The van der Waals surface area contributed by atoms with Gasteiger partial charge in [-0.3, -0.25) is 0 Å². The Hall–Kier alpha value is -0.550. The molecule has 0 aromatic carbocycles. The van der Waals surface area contributed by atoms with Crippen molar-refractivity contribution >= 4 is 29.2 Å². The van der Waals surface area contributed by atoms with Gasteiger partial charge in [-0.2, -0.15) is 5.10 Å². The van der Waals surface area contributed by atoms with Crippen LogP contribution in [-0.4, -0.2) is 14.6 Å². The number of H-pyrrole nitrogens is 1. The zero-order valence-electron chi connectivity index (χ0n) is 4.37. The van der Waals surface area contributed by atoms with Gasteiger partial charge in [0.15, 0.2) is 0 Å². The van der Waals surface area contributed by atoms with Gasteiger partial charge in [0, 0.05) is 6.07 Å². The maximum atomic E-state index is 4.83. The van der Waals surface area contributed by atoms with E-state index in [-0.39, 0.29) is 4.38 Å². The number of aromatic nitrogens is 2. The zero-order chi connectivity index (χ0) is 6.69. The van der Waals surface area contributed by atoms with Crippen LogP contribution >= 0.6 is 24.8 Å². The van der Waals surface area contributed by atoms with Gasteiger partial charge in [0.1, 0.15) is 0 Å². The van der Waals surface area contributed by atoms with Gasteiger partial charge in [-0.25, -0.2) is 5.10 Å². The molecule has 5 heteroatoms. The number of nitrogens with one attached hydrogen (secondary N) is 1. The molecule has 0 radical (unpaired) electrons. The van der Waals surface area contributed by atoms with Crippen LogP contribution in [0.4, 0.5) is 0 Å². The van der Waals surface area contributed by atoms with Crippen molar-refractivity contribution < 1.29 is 4.74 Å². The van der Waals surface area contributed by atoms with E-state index in [1.165, 1.54) is 0 Å². The smallest absolute Gasteiger partial charge is 0.224 e. The van der Waals surface area contributed by atoms with Crippen molar-refractivity contribution in [2.24, 2.45) is 0 Å². The summed E-state index contributed by atoms with van der Waals surface area (Å²) in [5.41, 5.74) is 0. The Bertz CT molecular complexity index is 196. The predicted octanol–water partition coefficient (Wildman–Crippen LogP) is 1.00. The molecule has 0 saturated heterocycles. The van der Waals surface area contributed by atoms with E-state index in [0.29, 0.717) is 5.88 Å². The highest BCUT2D eigenvalue weighted by atomic mass is 32.1. The van der Waals surface area contributed by atoms with E-state index in [1.807, 2.05) is 0 Å². The third-order valence-electron chi connectivity index (χ3n) is 0.672. The van der Waals surface area contributed by atoms with Crippen molar-refractivity contribution in [3.63, 3.8) is 0 Å². The number of rotatable bonds is 1. The minimum Gasteiger partial charge on any atom is -0.422 e. The number of hydrogen-bond acceptors (Lipinski definition) is 3. The first-order valence-electron chi connectivity index (χ1n) is 2.19. The monoisotopic (exact) mass is 160 g/mol. The van der Waals surface area contributed by atoms with E-state index in [9.17, 15) is 0 Å². The molecule has 0 saturated carbocycles. The lowest BCUT2D eigenvalue weighted by Crippen LogP contribution is -1.95. The molecule has 9 heavy (non-hydrogen) atoms. The Kier molecular flexibility index (Phi) is 2.07. The molecule has 1 N–H and O–H groups in total. The molecule has 0 aliphatic rings. The van der Waals surface area contributed by atoms with E-state index >= 15 is 0 Å². The van der Waals surface area contributed by atoms with Gasteiger partial charge >= 0.3 is 0 Å². The highest BCUT2D eigenvalue weighted by Crippen LogP contribution is 2.03. The van der Waals surface area contributed by atoms with E-state index in [2.05, 4.69) is 35.0 Å². The molecule has 0 amide bonds. The minimum atomic E-state index is 0.180. The van der Waals surface area contributed by atoms with Gasteiger partial charge in [-0.15, -0.1) is 0 Å². The Morgan fingerprint density at radius 2 is 2.67 bits per heavy atom. The summed E-state index contributed by atoms with van der Waals surface area (Å²) < 4.78 is 5.01. The second-order valence-corrected chi connectivity index (χ2v) is 2.37. The Labute approximate surface area is 62.8 Å². The summed E-state index contributed by atoms with van der Waals surface area (Å²) in [4.78, 5) is 0. The first-order valence-corrected chi connectivity index (χ1v) is 3.05. The van der Waals surface area contributed by atoms with Crippen molar-refractivity contribution in [2.45, 2.75) is 0 Å². The summed E-state index contributed by atoms with van der Waals surface area (Å²) in [6, 6.07) is 1.66. The molecule has 1 aromatic rings. The van der Waals surface area contributed by atoms with Crippen LogP contribution in [0.1, 0.15) is 0 Å². The fourth-order valence-corrected chi connectivity index (χ4v) is 0.582. The number of ether oxygens (including phenoxy) is 1. The largest absolute Gasteiger partial charge is 0.422 e. The highest BCUT2D eigenvalue weighted by Gasteiger charge is 1.92. The van der Waals surface area contributed by atoms with Crippen molar-refractivity contribution in [3.05, 3.63) is 12.3 Å². The summed E-state index contributed by atoms with van der Waals surface area (Å²) in [6.45, 7) is 0. The Morgan fingerprint density at radius 3 is 3.11 bits per heavy atom. The average Bonchev–Trinajstić information content (AvgIpc) is 2.15. The van der Waals surface area contributed by atoms with Crippen LogP contribution in [0.25, 0.3) is 0 Å². The summed E-state index contributed by atoms with van der Waals surface area (Å²) in [5.74, 6) is 0.509. The molecule has 0 aliphatic heterocycles. The van der Waals surface area contributed by atoms with Gasteiger partial charge in [0.05, 0.1) is 6.20 Å². The third-order valence-corrected chi connectivity index (χ3v) is 0.847. The number of aromatic amines is 1. The standard InChI is InChI=1S/C4H4N2OS2/c8-4(9)7-3-1-2-5-6-3/h1-2H,(H,5,6)(H,8,9). The molecule has 3 nitrogen and oxygen atoms in total. The first-order chi connectivity index (χ1) is 4.29. The van der Waals surface area contributed by atoms with Crippen LogP contribution in [0.2, 0.25) is 0 Å². The normalized spacial score (nSPS) is 9.00. The van der Waals surface area contributed by atoms with E-state index in [4.69, 9.17) is 4.74 Å². The number of nitrogens with zero attached hydrogens (tertiary/aromatic N) is 1. The maximum absolute atomic E-state index is 4.83. The second kappa shape index (κ2) is 2.84. The average molecular weight is 160 g/mol. The van der Waals surface area contributed by atoms with Crippen LogP contribution in [-0.2, 0) is 0 Å². The zero-order valence-corrected chi connectivity index (χ0v) is 6.08. The Morgan fingerprint density at radius 1 is 1.89 bits per heavy atom. The highest BCUT2D eigenvalue weighted by molar-refractivity contribution is 8.10. The molecular formula is C4H4N2OS2. The van der Waals surface area contributed by atoms with Crippen molar-refractivity contribution in [1.29, 1.82) is 0 Å². The summed E-state index contributed by atoms with van der Waals surface area (Å²) in [6.07, 6.45) is 1.57. The molecule has 0 unspecified atom stereocenters. The summed E-state index contributed by atoms with van der Waals surface area (Å²) in [5, 5.41) is 6.19. The fourth-order valence-electron chi connectivity index (χ4n) is 0.394.